The second kappa shape index (κ2) is 9.27. The molecule has 0 aliphatic carbocycles. The van der Waals surface area contributed by atoms with Crippen molar-refractivity contribution in [2.24, 2.45) is 4.99 Å². The van der Waals surface area contributed by atoms with E-state index in [4.69, 9.17) is 9.47 Å². The van der Waals surface area contributed by atoms with Gasteiger partial charge in [0, 0.05) is 12.2 Å². The van der Waals surface area contributed by atoms with Gasteiger partial charge in [-0.25, -0.2) is 13.8 Å². The molecule has 0 unspecified atom stereocenters. The number of halogens is 2. The number of amides is 1. The maximum Gasteiger partial charge on any atom is 0.258 e. The average Bonchev–Trinajstić information content (AvgIpc) is 3.22. The molecule has 1 aliphatic heterocycles. The molecular formula is C20H21F2N3O3. The van der Waals surface area contributed by atoms with Gasteiger partial charge in [0.1, 0.15) is 5.75 Å². The number of aliphatic imine (C=N–C) groups is 1. The third-order valence-electron chi connectivity index (χ3n) is 4.25. The first-order valence-corrected chi connectivity index (χ1v) is 8.89. The summed E-state index contributed by atoms with van der Waals surface area (Å²) in [5.74, 6) is -2.00. The Labute approximate surface area is 161 Å². The maximum atomic E-state index is 13.4. The highest BCUT2D eigenvalue weighted by Gasteiger charge is 2.17. The second-order valence-corrected chi connectivity index (χ2v) is 6.23. The van der Waals surface area contributed by atoms with Gasteiger partial charge in [0.05, 0.1) is 25.4 Å². The number of nitrogens with zero attached hydrogens (tertiary/aromatic N) is 1. The van der Waals surface area contributed by atoms with Gasteiger partial charge in [-0.15, -0.1) is 0 Å². The lowest BCUT2D eigenvalue weighted by Crippen LogP contribution is -2.37. The maximum absolute atomic E-state index is 13.4. The number of hydrogen-bond donors (Lipinski definition) is 2. The summed E-state index contributed by atoms with van der Waals surface area (Å²) in [6.07, 6.45) is 1.84. The number of ether oxygens (including phenoxy) is 2. The molecule has 0 spiro atoms. The molecule has 2 N–H and O–H groups in total. The number of rotatable bonds is 5. The molecule has 1 aliphatic rings. The number of carbonyl (C=O) groups excluding carboxylic acids is 1. The highest BCUT2D eigenvalue weighted by atomic mass is 19.2. The van der Waals surface area contributed by atoms with E-state index in [1.54, 1.807) is 18.2 Å². The number of benzene rings is 2. The molecule has 1 fully saturated rings. The topological polar surface area (TPSA) is 71.9 Å². The van der Waals surface area contributed by atoms with Crippen LogP contribution in [0.15, 0.2) is 47.5 Å². The first-order valence-electron chi connectivity index (χ1n) is 8.89. The zero-order valence-corrected chi connectivity index (χ0v) is 15.4. The Morgan fingerprint density at radius 3 is 2.79 bits per heavy atom. The van der Waals surface area contributed by atoms with Crippen LogP contribution in [0.25, 0.3) is 0 Å². The molecule has 2 aromatic carbocycles. The van der Waals surface area contributed by atoms with E-state index in [-0.39, 0.29) is 17.6 Å². The molecule has 28 heavy (non-hydrogen) atoms. The Bertz CT molecular complexity index is 868. The van der Waals surface area contributed by atoms with Crippen molar-refractivity contribution in [3.05, 3.63) is 59.7 Å². The van der Waals surface area contributed by atoms with Crippen LogP contribution in [0.4, 0.5) is 14.5 Å². The van der Waals surface area contributed by atoms with Crippen molar-refractivity contribution in [3.8, 4) is 5.75 Å². The van der Waals surface area contributed by atoms with Crippen LogP contribution in [-0.4, -0.2) is 38.2 Å². The Hall–Kier alpha value is -3.00. The van der Waals surface area contributed by atoms with Crippen LogP contribution in [0.2, 0.25) is 0 Å². The third-order valence-corrected chi connectivity index (χ3v) is 4.25. The molecule has 8 heteroatoms. The summed E-state index contributed by atoms with van der Waals surface area (Å²) in [5.41, 5.74) is 0.576. The molecule has 6 nitrogen and oxygen atoms in total. The smallest absolute Gasteiger partial charge is 0.258 e. The van der Waals surface area contributed by atoms with Gasteiger partial charge in [0.2, 0.25) is 5.96 Å². The summed E-state index contributed by atoms with van der Waals surface area (Å²) in [4.78, 5) is 16.9. The van der Waals surface area contributed by atoms with Crippen LogP contribution in [0.1, 0.15) is 23.2 Å². The summed E-state index contributed by atoms with van der Waals surface area (Å²) in [6, 6.07) is 10.1. The zero-order chi connectivity index (χ0) is 19.9. The lowest BCUT2D eigenvalue weighted by molar-refractivity contribution is 0.0975. The third kappa shape index (κ3) is 5.04. The molecule has 2 aromatic rings. The number of hydrogen-bond acceptors (Lipinski definition) is 4. The van der Waals surface area contributed by atoms with Gasteiger partial charge in [-0.05, 0) is 43.2 Å². The molecule has 0 saturated carbocycles. The lowest BCUT2D eigenvalue weighted by atomic mass is 10.2. The molecule has 1 atom stereocenters. The minimum atomic E-state index is -1.09. The second-order valence-electron chi connectivity index (χ2n) is 6.23. The van der Waals surface area contributed by atoms with Crippen LogP contribution >= 0.6 is 0 Å². The fourth-order valence-corrected chi connectivity index (χ4v) is 2.78. The molecule has 148 valence electrons. The van der Waals surface area contributed by atoms with Crippen molar-refractivity contribution >= 4 is 17.6 Å². The number of guanidine groups is 1. The Morgan fingerprint density at radius 2 is 2.07 bits per heavy atom. The van der Waals surface area contributed by atoms with Crippen LogP contribution in [0, 0.1) is 11.6 Å². The van der Waals surface area contributed by atoms with Crippen molar-refractivity contribution in [1.29, 1.82) is 0 Å². The molecule has 0 bridgehead atoms. The normalized spacial score (nSPS) is 16.7. The van der Waals surface area contributed by atoms with Gasteiger partial charge in [0.15, 0.2) is 11.6 Å². The number of anilines is 1. The largest absolute Gasteiger partial charge is 0.495 e. The van der Waals surface area contributed by atoms with Gasteiger partial charge >= 0.3 is 0 Å². The summed E-state index contributed by atoms with van der Waals surface area (Å²) in [6.45, 7) is 1.05. The fraction of sp³-hybridized carbons (Fsp3) is 0.300. The van der Waals surface area contributed by atoms with Crippen LogP contribution in [-0.2, 0) is 4.74 Å². The van der Waals surface area contributed by atoms with Crippen molar-refractivity contribution < 1.29 is 23.0 Å². The van der Waals surface area contributed by atoms with E-state index in [0.29, 0.717) is 24.6 Å². The molecule has 0 aromatic heterocycles. The Morgan fingerprint density at radius 1 is 1.25 bits per heavy atom. The SMILES string of the molecule is COc1ccccc1NC(=NC[C@@H]1CCCO1)NC(=O)c1ccc(F)c(F)c1. The number of nitrogens with one attached hydrogen (secondary N) is 2. The van der Waals surface area contributed by atoms with Crippen LogP contribution < -0.4 is 15.4 Å². The summed E-state index contributed by atoms with van der Waals surface area (Å²) in [5, 5.41) is 5.62. The van der Waals surface area contributed by atoms with Gasteiger partial charge in [0.25, 0.3) is 5.91 Å². The van der Waals surface area contributed by atoms with E-state index in [0.717, 1.165) is 25.0 Å². The molecular weight excluding hydrogens is 368 g/mol. The highest BCUT2D eigenvalue weighted by Crippen LogP contribution is 2.23. The summed E-state index contributed by atoms with van der Waals surface area (Å²) < 4.78 is 37.4. The minimum Gasteiger partial charge on any atom is -0.495 e. The van der Waals surface area contributed by atoms with Crippen LogP contribution in [0.5, 0.6) is 5.75 Å². The minimum absolute atomic E-state index is 0.0189. The first-order chi connectivity index (χ1) is 13.6. The Kier molecular flexibility index (Phi) is 6.54. The summed E-state index contributed by atoms with van der Waals surface area (Å²) in [7, 11) is 1.53. The van der Waals surface area contributed by atoms with E-state index in [2.05, 4.69) is 15.6 Å². The van der Waals surface area contributed by atoms with Crippen molar-refractivity contribution in [2.45, 2.75) is 18.9 Å². The quantitative estimate of drug-likeness (QED) is 0.608. The van der Waals surface area contributed by atoms with Gasteiger partial charge < -0.3 is 14.8 Å². The van der Waals surface area contributed by atoms with E-state index < -0.39 is 17.5 Å². The standard InChI is InChI=1S/C20H21F2N3O3/c1-27-18-7-3-2-6-17(18)24-20(23-12-14-5-4-10-28-14)25-19(26)13-8-9-15(21)16(22)11-13/h2-3,6-9,11,14H,4-5,10,12H2,1H3,(H2,23,24,25,26)/t14-/m0/s1. The van der Waals surface area contributed by atoms with E-state index in [1.807, 2.05) is 6.07 Å². The fourth-order valence-electron chi connectivity index (χ4n) is 2.78. The van der Waals surface area contributed by atoms with Crippen molar-refractivity contribution in [1.82, 2.24) is 5.32 Å². The predicted octanol–water partition coefficient (Wildman–Crippen LogP) is 3.35. The Balaban J connectivity index is 1.79. The number of para-hydroxylation sites is 2. The first kappa shape index (κ1) is 19.8. The van der Waals surface area contributed by atoms with Crippen LogP contribution in [0.3, 0.4) is 0 Å². The lowest BCUT2D eigenvalue weighted by Gasteiger charge is -2.15. The van der Waals surface area contributed by atoms with Gasteiger partial charge in [-0.3, -0.25) is 10.1 Å². The van der Waals surface area contributed by atoms with E-state index in [1.165, 1.54) is 13.2 Å². The predicted molar refractivity (Wildman–Crippen MR) is 102 cm³/mol. The van der Waals surface area contributed by atoms with E-state index in [9.17, 15) is 13.6 Å². The average molecular weight is 389 g/mol. The van der Waals surface area contributed by atoms with Gasteiger partial charge in [-0.1, -0.05) is 12.1 Å². The summed E-state index contributed by atoms with van der Waals surface area (Å²) >= 11 is 0. The molecule has 1 saturated heterocycles. The molecule has 1 amide bonds. The molecule has 3 rings (SSSR count). The van der Waals surface area contributed by atoms with E-state index >= 15 is 0 Å². The highest BCUT2D eigenvalue weighted by molar-refractivity contribution is 6.10. The van der Waals surface area contributed by atoms with Gasteiger partial charge in [-0.2, -0.15) is 0 Å². The molecule has 0 radical (unpaired) electrons. The number of carbonyl (C=O) groups is 1. The number of methoxy groups -OCH3 is 1. The van der Waals surface area contributed by atoms with Crippen molar-refractivity contribution in [3.63, 3.8) is 0 Å². The monoisotopic (exact) mass is 389 g/mol. The zero-order valence-electron chi connectivity index (χ0n) is 15.4. The molecule has 1 heterocycles. The van der Waals surface area contributed by atoms with Crippen molar-refractivity contribution in [2.75, 3.05) is 25.6 Å².